The van der Waals surface area contributed by atoms with Crippen LogP contribution in [0.2, 0.25) is 0 Å². The molecule has 0 unspecified atom stereocenters. The van der Waals surface area contributed by atoms with E-state index in [-0.39, 0.29) is 56.7 Å². The quantitative estimate of drug-likeness (QED) is 0.159. The van der Waals surface area contributed by atoms with Crippen molar-refractivity contribution in [2.45, 2.75) is 13.8 Å². The van der Waals surface area contributed by atoms with Crippen molar-refractivity contribution < 1.29 is 82.7 Å². The molecule has 4 rings (SSSR count). The van der Waals surface area contributed by atoms with Crippen LogP contribution in [0.3, 0.4) is 0 Å². The van der Waals surface area contributed by atoms with E-state index in [2.05, 4.69) is 10.2 Å². The fourth-order valence-corrected chi connectivity index (χ4v) is 7.38. The van der Waals surface area contributed by atoms with Crippen molar-refractivity contribution in [1.82, 2.24) is 19.6 Å². The number of aryl methyl sites for hydroxylation is 4. The number of phenolic OH excluding ortho intramolecular Hbond substituents is 2. The van der Waals surface area contributed by atoms with Crippen molar-refractivity contribution in [2.75, 3.05) is 28.4 Å². The molecule has 0 saturated carbocycles. The van der Waals surface area contributed by atoms with Gasteiger partial charge in [0.15, 0.2) is 0 Å². The van der Waals surface area contributed by atoms with E-state index in [0.717, 1.165) is 0 Å². The Balaban J connectivity index is 0.000000767. The third-order valence-corrected chi connectivity index (χ3v) is 10.3. The molecule has 0 bridgehead atoms. The number of para-hydroxylation sites is 2. The van der Waals surface area contributed by atoms with E-state index in [1.165, 1.54) is 28.4 Å². The van der Waals surface area contributed by atoms with Crippen molar-refractivity contribution in [3.05, 3.63) is 59.9 Å². The van der Waals surface area contributed by atoms with Gasteiger partial charge in [-0.1, -0.05) is 24.3 Å². The van der Waals surface area contributed by atoms with Crippen LogP contribution >= 0.6 is 15.2 Å². The van der Waals surface area contributed by atoms with Gasteiger partial charge in [-0.05, 0) is 38.1 Å². The largest absolute Gasteiger partial charge is 2.00 e. The fraction of sp³-hybridized carbons (Fsp3) is 0.308. The predicted molar refractivity (Wildman–Crippen MR) is 153 cm³/mol. The summed E-state index contributed by atoms with van der Waals surface area (Å²) in [6, 6.07) is 13.6. The number of nitrogens with zero attached hydrogens (tertiary/aromatic N) is 4. The van der Waals surface area contributed by atoms with E-state index in [4.69, 9.17) is 18.1 Å². The van der Waals surface area contributed by atoms with E-state index in [1.807, 2.05) is 0 Å². The number of hydrogen-bond acceptors (Lipinski definition) is 10. The van der Waals surface area contributed by atoms with Crippen molar-refractivity contribution >= 4 is 25.8 Å². The zero-order valence-electron chi connectivity index (χ0n) is 24.7. The van der Waals surface area contributed by atoms with Crippen LogP contribution in [0.1, 0.15) is 11.4 Å². The van der Waals surface area contributed by atoms with Crippen molar-refractivity contribution in [3.8, 4) is 34.0 Å². The van der Waals surface area contributed by atoms with Gasteiger partial charge >= 0.3 is 35.6 Å². The van der Waals surface area contributed by atoms with Gasteiger partial charge in [-0.15, -0.1) is 0 Å². The Morgan fingerprint density at radius 3 is 1.16 bits per heavy atom. The molecule has 0 aliphatic rings. The fourth-order valence-electron chi connectivity index (χ4n) is 4.42. The van der Waals surface area contributed by atoms with Gasteiger partial charge in [0.25, 0.3) is 0 Å². The average molecular weight is 770 g/mol. The van der Waals surface area contributed by atoms with Gasteiger partial charge < -0.3 is 53.1 Å². The molecule has 17 heteroatoms. The Kier molecular flexibility index (Phi) is 16.1. The first-order valence-corrected chi connectivity index (χ1v) is 15.1. The Bertz CT molecular complexity index is 1480. The van der Waals surface area contributed by atoms with Crippen LogP contribution in [0.25, 0.3) is 22.5 Å². The standard InChI is InChI=1S/2C13H17N2O4P.2ClH.Pd/c2*1-9-13(20(17,18-3)19-4)12(15(2)14-9)10-7-5-6-8-11(10)16;;;/h2*5-8,16H,1-4H3;2*1H;/q;;;;+2/p-2. The second kappa shape index (κ2) is 16.9. The van der Waals surface area contributed by atoms with Crippen LogP contribution in [0.5, 0.6) is 11.5 Å². The number of aromatic hydroxyl groups is 2. The number of benzene rings is 2. The minimum Gasteiger partial charge on any atom is -1.00 e. The monoisotopic (exact) mass is 768 g/mol. The first kappa shape index (κ1) is 41.0. The van der Waals surface area contributed by atoms with Crippen LogP contribution in [-0.4, -0.2) is 58.2 Å². The summed E-state index contributed by atoms with van der Waals surface area (Å²) in [4.78, 5) is 0. The topological polar surface area (TPSA) is 147 Å². The second-order valence-corrected chi connectivity index (χ2v) is 12.9. The molecule has 2 aromatic heterocycles. The molecule has 0 radical (unpaired) electrons. The normalized spacial score (nSPS) is 11.0. The summed E-state index contributed by atoms with van der Waals surface area (Å²) >= 11 is 0. The van der Waals surface area contributed by atoms with Gasteiger partial charge in [-0.25, -0.2) is 0 Å². The molecule has 0 fully saturated rings. The molecular weight excluding hydrogens is 736 g/mol. The Morgan fingerprint density at radius 1 is 0.628 bits per heavy atom. The van der Waals surface area contributed by atoms with Crippen molar-refractivity contribution in [2.24, 2.45) is 14.1 Å². The molecule has 0 saturated heterocycles. The molecule has 0 amide bonds. The molecule has 240 valence electrons. The molecule has 2 heterocycles. The number of hydrogen-bond donors (Lipinski definition) is 2. The molecule has 0 aliphatic heterocycles. The third kappa shape index (κ3) is 8.19. The van der Waals surface area contributed by atoms with E-state index in [1.54, 1.807) is 85.8 Å². The second-order valence-electron chi connectivity index (χ2n) is 8.57. The van der Waals surface area contributed by atoms with E-state index in [0.29, 0.717) is 44.5 Å². The maximum absolute atomic E-state index is 12.7. The Labute approximate surface area is 277 Å². The molecule has 4 aromatic rings. The summed E-state index contributed by atoms with van der Waals surface area (Å²) in [6.07, 6.45) is 0. The summed E-state index contributed by atoms with van der Waals surface area (Å²) in [5.41, 5.74) is 3.18. The van der Waals surface area contributed by atoms with Gasteiger partial charge in [-0.2, -0.15) is 10.2 Å². The molecular formula is C26H34Cl2N4O8P2Pd. The molecule has 0 atom stereocenters. The zero-order valence-corrected chi connectivity index (χ0v) is 29.6. The maximum atomic E-state index is 12.7. The first-order valence-electron chi connectivity index (χ1n) is 12.0. The van der Waals surface area contributed by atoms with Gasteiger partial charge in [0.05, 0.1) is 22.8 Å². The number of aromatic nitrogens is 4. The summed E-state index contributed by atoms with van der Waals surface area (Å²) in [7, 11) is 1.80. The summed E-state index contributed by atoms with van der Waals surface area (Å²) in [5, 5.41) is 29.3. The molecule has 43 heavy (non-hydrogen) atoms. The van der Waals surface area contributed by atoms with Crippen LogP contribution in [0.4, 0.5) is 0 Å². The minimum atomic E-state index is -3.47. The van der Waals surface area contributed by atoms with Crippen LogP contribution in [0, 0.1) is 13.8 Å². The van der Waals surface area contributed by atoms with Crippen molar-refractivity contribution in [3.63, 3.8) is 0 Å². The van der Waals surface area contributed by atoms with E-state index in [9.17, 15) is 19.3 Å². The number of rotatable bonds is 8. The van der Waals surface area contributed by atoms with E-state index >= 15 is 0 Å². The van der Waals surface area contributed by atoms with Gasteiger partial charge in [0, 0.05) is 53.7 Å². The van der Waals surface area contributed by atoms with Gasteiger partial charge in [-0.3, -0.25) is 18.5 Å². The molecule has 0 aliphatic carbocycles. The Morgan fingerprint density at radius 2 is 0.907 bits per heavy atom. The summed E-state index contributed by atoms with van der Waals surface area (Å²) < 4.78 is 48.8. The Hall–Kier alpha value is -2.00. The smallest absolute Gasteiger partial charge is 1.00 e. The number of phenols is 2. The van der Waals surface area contributed by atoms with Crippen LogP contribution in [0.15, 0.2) is 48.5 Å². The van der Waals surface area contributed by atoms with Gasteiger partial charge in [0.2, 0.25) is 0 Å². The van der Waals surface area contributed by atoms with E-state index < -0.39 is 15.2 Å². The minimum absolute atomic E-state index is 0. The van der Waals surface area contributed by atoms with Crippen LogP contribution < -0.4 is 35.4 Å². The molecule has 2 aromatic carbocycles. The first-order chi connectivity index (χ1) is 18.9. The number of halogens is 2. The molecule has 12 nitrogen and oxygen atoms in total. The maximum Gasteiger partial charge on any atom is 2.00 e. The SMILES string of the molecule is COP(=O)(OC)c1c(C)nn(C)c1-c1ccccc1O.COP(=O)(OC)c1c(C)nn(C)c1-c1ccccc1O.[Cl-].[Cl-].[Pd+2]. The van der Waals surface area contributed by atoms with Crippen LogP contribution in [-0.2, 0) is 61.7 Å². The summed E-state index contributed by atoms with van der Waals surface area (Å²) in [5.74, 6) is 0.158. The predicted octanol–water partition coefficient (Wildman–Crippen LogP) is -1.57. The molecule has 0 spiro atoms. The van der Waals surface area contributed by atoms with Gasteiger partial charge in [0.1, 0.15) is 22.1 Å². The third-order valence-electron chi connectivity index (χ3n) is 6.21. The molecule has 2 N–H and O–H groups in total. The zero-order chi connectivity index (χ0) is 29.8. The summed E-state index contributed by atoms with van der Waals surface area (Å²) in [6.45, 7) is 3.45. The average Bonchev–Trinajstić information content (AvgIpc) is 3.42. The van der Waals surface area contributed by atoms with Crippen molar-refractivity contribution in [1.29, 1.82) is 0 Å².